The van der Waals surface area contributed by atoms with E-state index >= 15 is 0 Å². The minimum Gasteiger partial charge on any atom is -0.493 e. The Hall–Kier alpha value is -3.28. The lowest BCUT2D eigenvalue weighted by Gasteiger charge is -2.12. The molecule has 0 bridgehead atoms. The molecule has 0 aromatic heterocycles. The highest BCUT2D eigenvalue weighted by Crippen LogP contribution is 2.29. The van der Waals surface area contributed by atoms with Gasteiger partial charge in [-0.3, -0.25) is 0 Å². The van der Waals surface area contributed by atoms with E-state index < -0.39 is 11.7 Å². The van der Waals surface area contributed by atoms with Crippen molar-refractivity contribution in [2.24, 2.45) is 11.1 Å². The van der Waals surface area contributed by atoms with Crippen LogP contribution in [0.3, 0.4) is 0 Å². The quantitative estimate of drug-likeness (QED) is 0.155. The number of halogens is 3. The number of hydrogen-bond acceptors (Lipinski definition) is 3. The summed E-state index contributed by atoms with van der Waals surface area (Å²) in [5.41, 5.74) is 1.88. The number of oxime groups is 1. The third kappa shape index (κ3) is 7.61. The normalized spacial score (nSPS) is 13.0. The van der Waals surface area contributed by atoms with Gasteiger partial charge in [-0.05, 0) is 65.6 Å². The first-order chi connectivity index (χ1) is 16.7. The third-order valence-electron chi connectivity index (χ3n) is 6.01. The molecule has 0 N–H and O–H groups in total. The second kappa shape index (κ2) is 11.9. The number of hydrogen-bond donors (Lipinski definition) is 0. The number of fused-ring (bicyclic) bond motifs is 1. The Morgan fingerprint density at radius 1 is 1.00 bits per heavy atom. The fourth-order valence-corrected chi connectivity index (χ4v) is 3.63. The Morgan fingerprint density at radius 2 is 1.69 bits per heavy atom. The van der Waals surface area contributed by atoms with Crippen molar-refractivity contribution in [2.45, 2.75) is 52.6 Å². The maximum absolute atomic E-state index is 12.7. The molecule has 0 aliphatic carbocycles. The van der Waals surface area contributed by atoms with E-state index in [2.05, 4.69) is 25.6 Å². The lowest BCUT2D eigenvalue weighted by Crippen LogP contribution is -2.05. The summed E-state index contributed by atoms with van der Waals surface area (Å²) in [5.74, 6) is 1.65. The van der Waals surface area contributed by atoms with Crippen molar-refractivity contribution in [3.63, 3.8) is 0 Å². The SMILES string of the molecule is C=C(O/N=C(\C)c1ccc2cc(OCCc3ccc(C(F)(F)F)cc3)ccc2c1)[C@@H](C)CCCC. The molecular weight excluding hydrogens is 451 g/mol. The fraction of sp³-hybridized carbons (Fsp3) is 0.345. The molecule has 0 fully saturated rings. The standard InChI is InChI=1S/C29H32F3NO2/c1-5-6-7-20(2)22(4)35-33-21(3)24-10-11-26-19-28(15-12-25(26)18-24)34-17-16-23-8-13-27(14-9-23)29(30,31)32/h8-15,18-20H,4-7,16-17H2,1-3H3/b33-21+/t20-/m0/s1. The van der Waals surface area contributed by atoms with Crippen molar-refractivity contribution in [1.29, 1.82) is 0 Å². The zero-order chi connectivity index (χ0) is 25.4. The smallest absolute Gasteiger partial charge is 0.416 e. The van der Waals surface area contributed by atoms with Crippen LogP contribution in [0.4, 0.5) is 13.2 Å². The number of ether oxygens (including phenoxy) is 1. The van der Waals surface area contributed by atoms with Crippen LogP contribution >= 0.6 is 0 Å². The van der Waals surface area contributed by atoms with Crippen molar-refractivity contribution in [3.05, 3.63) is 89.7 Å². The van der Waals surface area contributed by atoms with Crippen LogP contribution in [0, 0.1) is 5.92 Å². The van der Waals surface area contributed by atoms with Crippen molar-refractivity contribution in [3.8, 4) is 5.75 Å². The number of nitrogens with zero attached hydrogens (tertiary/aromatic N) is 1. The molecule has 3 aromatic rings. The van der Waals surface area contributed by atoms with E-state index in [0.29, 0.717) is 24.5 Å². The molecule has 0 spiro atoms. The summed E-state index contributed by atoms with van der Waals surface area (Å²) in [6.07, 6.45) is -0.485. The second-order valence-electron chi connectivity index (χ2n) is 8.79. The summed E-state index contributed by atoms with van der Waals surface area (Å²) >= 11 is 0. The van der Waals surface area contributed by atoms with E-state index in [4.69, 9.17) is 9.57 Å². The highest BCUT2D eigenvalue weighted by molar-refractivity contribution is 6.01. The molecule has 0 amide bonds. The van der Waals surface area contributed by atoms with Crippen LogP contribution in [0.2, 0.25) is 0 Å². The van der Waals surface area contributed by atoms with Gasteiger partial charge in [0.2, 0.25) is 0 Å². The fourth-order valence-electron chi connectivity index (χ4n) is 3.63. The van der Waals surface area contributed by atoms with Gasteiger partial charge in [-0.2, -0.15) is 13.2 Å². The molecular formula is C29H32F3NO2. The molecule has 0 aliphatic rings. The maximum Gasteiger partial charge on any atom is 0.416 e. The monoisotopic (exact) mass is 483 g/mol. The van der Waals surface area contributed by atoms with Crippen molar-refractivity contribution >= 4 is 16.5 Å². The van der Waals surface area contributed by atoms with Crippen LogP contribution < -0.4 is 4.74 Å². The van der Waals surface area contributed by atoms with E-state index in [0.717, 1.165) is 59.0 Å². The number of rotatable bonds is 11. The van der Waals surface area contributed by atoms with Gasteiger partial charge < -0.3 is 9.57 Å². The van der Waals surface area contributed by atoms with Crippen LogP contribution in [0.5, 0.6) is 5.75 Å². The number of unbranched alkanes of at least 4 members (excludes halogenated alkanes) is 1. The Balaban J connectivity index is 1.58. The Labute approximate surface area is 205 Å². The molecule has 3 rings (SSSR count). The van der Waals surface area contributed by atoms with Gasteiger partial charge >= 0.3 is 6.18 Å². The average Bonchev–Trinajstić information content (AvgIpc) is 2.85. The molecule has 0 saturated heterocycles. The summed E-state index contributed by atoms with van der Waals surface area (Å²) in [6.45, 7) is 10.5. The third-order valence-corrected chi connectivity index (χ3v) is 6.01. The first-order valence-corrected chi connectivity index (χ1v) is 11.9. The van der Waals surface area contributed by atoms with Gasteiger partial charge in [-0.1, -0.05) is 68.8 Å². The van der Waals surface area contributed by atoms with Crippen LogP contribution in [0.15, 0.2) is 78.2 Å². The zero-order valence-electron chi connectivity index (χ0n) is 20.5. The molecule has 186 valence electrons. The summed E-state index contributed by atoms with van der Waals surface area (Å²) in [5, 5.41) is 6.33. The van der Waals surface area contributed by atoms with E-state index in [1.54, 1.807) is 0 Å². The average molecular weight is 484 g/mol. The van der Waals surface area contributed by atoms with Gasteiger partial charge in [0.05, 0.1) is 17.9 Å². The highest BCUT2D eigenvalue weighted by atomic mass is 19.4. The van der Waals surface area contributed by atoms with E-state index in [1.807, 2.05) is 43.3 Å². The van der Waals surface area contributed by atoms with Crippen molar-refractivity contribution in [2.75, 3.05) is 6.61 Å². The molecule has 0 radical (unpaired) electrons. The molecule has 0 heterocycles. The molecule has 0 aliphatic heterocycles. The van der Waals surface area contributed by atoms with Crippen LogP contribution in [-0.4, -0.2) is 12.3 Å². The molecule has 35 heavy (non-hydrogen) atoms. The summed E-state index contributed by atoms with van der Waals surface area (Å²) in [4.78, 5) is 5.57. The van der Waals surface area contributed by atoms with Gasteiger partial charge in [-0.25, -0.2) is 0 Å². The number of allylic oxidation sites excluding steroid dienone is 1. The maximum atomic E-state index is 12.7. The predicted octanol–water partition coefficient (Wildman–Crippen LogP) is 8.56. The van der Waals surface area contributed by atoms with Gasteiger partial charge in [0, 0.05) is 12.3 Å². The summed E-state index contributed by atoms with van der Waals surface area (Å²) < 4.78 is 43.9. The topological polar surface area (TPSA) is 30.8 Å². The van der Waals surface area contributed by atoms with E-state index in [1.165, 1.54) is 12.1 Å². The zero-order valence-corrected chi connectivity index (χ0v) is 20.5. The Morgan fingerprint density at radius 3 is 2.37 bits per heavy atom. The molecule has 3 nitrogen and oxygen atoms in total. The van der Waals surface area contributed by atoms with Gasteiger partial charge in [-0.15, -0.1) is 0 Å². The van der Waals surface area contributed by atoms with Crippen molar-refractivity contribution in [1.82, 2.24) is 0 Å². The Bertz CT molecular complexity index is 1170. The first kappa shape index (κ1) is 26.3. The van der Waals surface area contributed by atoms with Crippen LogP contribution in [0.1, 0.15) is 56.7 Å². The van der Waals surface area contributed by atoms with Gasteiger partial charge in [0.15, 0.2) is 0 Å². The van der Waals surface area contributed by atoms with E-state index in [9.17, 15) is 13.2 Å². The highest BCUT2D eigenvalue weighted by Gasteiger charge is 2.29. The summed E-state index contributed by atoms with van der Waals surface area (Å²) in [7, 11) is 0. The minimum atomic E-state index is -4.32. The molecule has 0 unspecified atom stereocenters. The minimum absolute atomic E-state index is 0.265. The van der Waals surface area contributed by atoms with Crippen molar-refractivity contribution < 1.29 is 22.7 Å². The lowest BCUT2D eigenvalue weighted by molar-refractivity contribution is -0.137. The predicted molar refractivity (Wildman–Crippen MR) is 136 cm³/mol. The number of benzene rings is 3. The molecule has 6 heteroatoms. The molecule has 3 aromatic carbocycles. The largest absolute Gasteiger partial charge is 0.493 e. The summed E-state index contributed by atoms with van der Waals surface area (Å²) in [6, 6.07) is 17.0. The number of alkyl halides is 3. The molecule has 1 atom stereocenters. The van der Waals surface area contributed by atoms with Crippen LogP contribution in [0.25, 0.3) is 10.8 Å². The van der Waals surface area contributed by atoms with E-state index in [-0.39, 0.29) is 5.92 Å². The van der Waals surface area contributed by atoms with Gasteiger partial charge in [0.1, 0.15) is 11.5 Å². The first-order valence-electron chi connectivity index (χ1n) is 11.9. The van der Waals surface area contributed by atoms with Crippen LogP contribution in [-0.2, 0) is 17.4 Å². The van der Waals surface area contributed by atoms with Gasteiger partial charge in [0.25, 0.3) is 0 Å². The Kier molecular flexibility index (Phi) is 8.96. The lowest BCUT2D eigenvalue weighted by atomic mass is 10.0. The molecule has 0 saturated carbocycles. The second-order valence-corrected chi connectivity index (χ2v) is 8.79.